The molecule has 0 radical (unpaired) electrons. The predicted octanol–water partition coefficient (Wildman–Crippen LogP) is 3.07. The Morgan fingerprint density at radius 3 is 2.50 bits per heavy atom. The molecule has 0 spiro atoms. The molecule has 0 saturated carbocycles. The molecule has 1 heterocycles. The molecule has 0 aliphatic carbocycles. The Hall–Kier alpha value is -0.293. The van der Waals surface area contributed by atoms with Crippen molar-refractivity contribution >= 4 is 8.32 Å². The van der Waals surface area contributed by atoms with E-state index < -0.39 is 20.9 Å². The van der Waals surface area contributed by atoms with E-state index in [-0.39, 0.29) is 6.04 Å². The standard InChI is InChI=1S/C9H15F3OSi/c1-2-14(6-4-3-5-13-14)7-8(10)9(11)12/h2,8-9H,1,3-7H2. The summed E-state index contributed by atoms with van der Waals surface area (Å²) >= 11 is 0. The molecule has 0 N–H and O–H groups in total. The molecule has 1 nitrogen and oxygen atoms in total. The van der Waals surface area contributed by atoms with E-state index in [9.17, 15) is 13.2 Å². The quantitative estimate of drug-likeness (QED) is 0.667. The largest absolute Gasteiger partial charge is 0.413 e. The van der Waals surface area contributed by atoms with Gasteiger partial charge in [0.05, 0.1) is 0 Å². The fourth-order valence-corrected chi connectivity index (χ4v) is 4.89. The summed E-state index contributed by atoms with van der Waals surface area (Å²) in [7, 11) is -2.37. The van der Waals surface area contributed by atoms with Crippen LogP contribution in [0.25, 0.3) is 0 Å². The molecule has 0 aromatic heterocycles. The zero-order valence-electron chi connectivity index (χ0n) is 8.02. The van der Waals surface area contributed by atoms with Crippen molar-refractivity contribution in [3.05, 3.63) is 12.3 Å². The van der Waals surface area contributed by atoms with Gasteiger partial charge >= 0.3 is 0 Å². The summed E-state index contributed by atoms with van der Waals surface area (Å²) in [6.45, 7) is 4.16. The third kappa shape index (κ3) is 2.85. The molecule has 1 aliphatic heterocycles. The van der Waals surface area contributed by atoms with Gasteiger partial charge in [0.15, 0.2) is 6.17 Å². The van der Waals surface area contributed by atoms with Crippen LogP contribution in [-0.4, -0.2) is 27.5 Å². The molecule has 1 rings (SSSR count). The maximum Gasteiger partial charge on any atom is 0.269 e. The second-order valence-electron chi connectivity index (χ2n) is 3.63. The summed E-state index contributed by atoms with van der Waals surface area (Å²) in [5, 5.41) is 0. The van der Waals surface area contributed by atoms with Crippen molar-refractivity contribution in [1.82, 2.24) is 0 Å². The zero-order valence-corrected chi connectivity index (χ0v) is 9.02. The smallest absolute Gasteiger partial charge is 0.269 e. The van der Waals surface area contributed by atoms with Gasteiger partial charge in [0.1, 0.15) is 0 Å². The SMILES string of the molecule is C=C[Si]1(CC(F)C(F)F)CCCCO1. The third-order valence-electron chi connectivity index (χ3n) is 2.57. The highest BCUT2D eigenvalue weighted by atomic mass is 28.4. The van der Waals surface area contributed by atoms with Gasteiger partial charge in [0.2, 0.25) is 8.32 Å². The predicted molar refractivity (Wildman–Crippen MR) is 51.7 cm³/mol. The minimum atomic E-state index is -2.90. The van der Waals surface area contributed by atoms with Crippen LogP contribution in [0, 0.1) is 0 Å². The number of alkyl halides is 3. The zero-order chi connectivity index (χ0) is 10.6. The van der Waals surface area contributed by atoms with Crippen LogP contribution in [0.5, 0.6) is 0 Å². The van der Waals surface area contributed by atoms with Crippen LogP contribution in [0.3, 0.4) is 0 Å². The minimum Gasteiger partial charge on any atom is -0.413 e. The van der Waals surface area contributed by atoms with E-state index in [2.05, 4.69) is 6.58 Å². The molecule has 1 saturated heterocycles. The van der Waals surface area contributed by atoms with Gasteiger partial charge in [-0.3, -0.25) is 0 Å². The lowest BCUT2D eigenvalue weighted by atomic mass is 10.4. The number of halogens is 3. The Kier molecular flexibility index (Phi) is 4.19. The molecular weight excluding hydrogens is 209 g/mol. The normalized spacial score (nSPS) is 30.3. The first-order valence-corrected chi connectivity index (χ1v) is 7.19. The highest BCUT2D eigenvalue weighted by Crippen LogP contribution is 2.30. The van der Waals surface area contributed by atoms with E-state index in [1.165, 1.54) is 0 Å². The molecule has 1 aliphatic rings. The molecule has 2 atom stereocenters. The number of hydrogen-bond donors (Lipinski definition) is 0. The highest BCUT2D eigenvalue weighted by Gasteiger charge is 2.39. The van der Waals surface area contributed by atoms with Crippen molar-refractivity contribution in [2.24, 2.45) is 0 Å². The van der Waals surface area contributed by atoms with Crippen LogP contribution in [0.1, 0.15) is 12.8 Å². The van der Waals surface area contributed by atoms with Crippen molar-refractivity contribution in [3.8, 4) is 0 Å². The van der Waals surface area contributed by atoms with Crippen molar-refractivity contribution in [2.75, 3.05) is 6.61 Å². The highest BCUT2D eigenvalue weighted by molar-refractivity contribution is 6.78. The monoisotopic (exact) mass is 224 g/mol. The molecule has 1 fully saturated rings. The summed E-state index contributed by atoms with van der Waals surface area (Å²) in [5.41, 5.74) is 1.60. The van der Waals surface area contributed by atoms with Crippen LogP contribution in [0.2, 0.25) is 12.1 Å². The first kappa shape index (κ1) is 11.8. The van der Waals surface area contributed by atoms with E-state index in [0.717, 1.165) is 18.9 Å². The second-order valence-corrected chi connectivity index (χ2v) is 7.36. The van der Waals surface area contributed by atoms with E-state index in [1.807, 2.05) is 0 Å². The van der Waals surface area contributed by atoms with Gasteiger partial charge < -0.3 is 4.43 Å². The summed E-state index contributed by atoms with van der Waals surface area (Å²) in [6, 6.07) is 0.581. The van der Waals surface area contributed by atoms with E-state index >= 15 is 0 Å². The van der Waals surface area contributed by atoms with Gasteiger partial charge in [-0.05, 0) is 12.5 Å². The Balaban J connectivity index is 2.55. The molecule has 0 aromatic rings. The van der Waals surface area contributed by atoms with E-state index in [0.29, 0.717) is 6.61 Å². The maximum absolute atomic E-state index is 12.9. The number of rotatable bonds is 4. The molecule has 0 amide bonds. The lowest BCUT2D eigenvalue weighted by Gasteiger charge is -2.32. The van der Waals surface area contributed by atoms with Gasteiger partial charge in [0, 0.05) is 12.7 Å². The number of hydrogen-bond acceptors (Lipinski definition) is 1. The van der Waals surface area contributed by atoms with Gasteiger partial charge in [-0.2, -0.15) is 0 Å². The summed E-state index contributed by atoms with van der Waals surface area (Å²) < 4.78 is 42.5. The molecule has 5 heteroatoms. The van der Waals surface area contributed by atoms with E-state index in [1.54, 1.807) is 5.70 Å². The van der Waals surface area contributed by atoms with Crippen LogP contribution < -0.4 is 0 Å². The van der Waals surface area contributed by atoms with Crippen molar-refractivity contribution in [1.29, 1.82) is 0 Å². The first-order chi connectivity index (χ1) is 6.59. The van der Waals surface area contributed by atoms with Gasteiger partial charge in [-0.1, -0.05) is 12.1 Å². The Morgan fingerprint density at radius 1 is 1.36 bits per heavy atom. The lowest BCUT2D eigenvalue weighted by Crippen LogP contribution is -2.42. The minimum absolute atomic E-state index is 0.145. The fourth-order valence-electron chi connectivity index (χ4n) is 1.70. The Morgan fingerprint density at radius 2 is 2.07 bits per heavy atom. The van der Waals surface area contributed by atoms with Crippen molar-refractivity contribution < 1.29 is 17.6 Å². The van der Waals surface area contributed by atoms with Crippen LogP contribution in [0.4, 0.5) is 13.2 Å². The van der Waals surface area contributed by atoms with Gasteiger partial charge in [0.25, 0.3) is 6.43 Å². The van der Waals surface area contributed by atoms with Gasteiger partial charge in [-0.15, -0.1) is 6.58 Å². The second kappa shape index (κ2) is 4.98. The molecule has 2 unspecified atom stereocenters. The van der Waals surface area contributed by atoms with E-state index in [4.69, 9.17) is 4.43 Å². The van der Waals surface area contributed by atoms with Crippen LogP contribution in [-0.2, 0) is 4.43 Å². The first-order valence-electron chi connectivity index (χ1n) is 4.79. The molecule has 14 heavy (non-hydrogen) atoms. The summed E-state index contributed by atoms with van der Waals surface area (Å²) in [6.07, 6.45) is -3.08. The fraction of sp³-hybridized carbons (Fsp3) is 0.778. The Labute approximate surface area is 83.1 Å². The third-order valence-corrected chi connectivity index (χ3v) is 6.37. The maximum atomic E-state index is 12.9. The van der Waals surface area contributed by atoms with Crippen LogP contribution >= 0.6 is 0 Å². The topological polar surface area (TPSA) is 9.23 Å². The van der Waals surface area contributed by atoms with Crippen LogP contribution in [0.15, 0.2) is 12.3 Å². The average molecular weight is 224 g/mol. The summed E-state index contributed by atoms with van der Waals surface area (Å²) in [4.78, 5) is 0. The molecule has 0 aromatic carbocycles. The summed E-state index contributed by atoms with van der Waals surface area (Å²) in [5.74, 6) is 0. The van der Waals surface area contributed by atoms with Gasteiger partial charge in [-0.25, -0.2) is 13.2 Å². The van der Waals surface area contributed by atoms with Crippen molar-refractivity contribution in [3.63, 3.8) is 0 Å². The Bertz CT molecular complexity index is 192. The molecule has 82 valence electrons. The average Bonchev–Trinajstić information content (AvgIpc) is 2.19. The van der Waals surface area contributed by atoms with Crippen molar-refractivity contribution in [2.45, 2.75) is 37.5 Å². The lowest BCUT2D eigenvalue weighted by molar-refractivity contribution is 0.0566. The molecule has 0 bridgehead atoms. The molecular formula is C9H15F3OSi.